The summed E-state index contributed by atoms with van der Waals surface area (Å²) in [6.45, 7) is 4.34. The van der Waals surface area contributed by atoms with Crippen molar-refractivity contribution < 1.29 is 9.47 Å². The summed E-state index contributed by atoms with van der Waals surface area (Å²) in [4.78, 5) is 2.27. The molecule has 1 aliphatic carbocycles. The number of ether oxygens (including phenoxy) is 2. The first-order valence-corrected chi connectivity index (χ1v) is 9.88. The summed E-state index contributed by atoms with van der Waals surface area (Å²) in [5.74, 6) is 0.326. The molecule has 7 heteroatoms. The Morgan fingerprint density at radius 2 is 1.77 bits per heavy atom. The second-order valence-corrected chi connectivity index (χ2v) is 7.58. The van der Waals surface area contributed by atoms with Crippen LogP contribution in [0.5, 0.6) is 11.5 Å². The minimum Gasteiger partial charge on any atom is -0.497 e. The number of hydrogen-bond acceptors (Lipinski definition) is 7. The molecule has 0 unspecified atom stereocenters. The van der Waals surface area contributed by atoms with Crippen molar-refractivity contribution in [3.8, 4) is 29.7 Å². The molecule has 0 aromatic heterocycles. The summed E-state index contributed by atoms with van der Waals surface area (Å²) in [6.07, 6.45) is 3.00. The number of hydrogen-bond donors (Lipinski definition) is 1. The Labute approximate surface area is 177 Å². The molecule has 30 heavy (non-hydrogen) atoms. The monoisotopic (exact) mass is 403 g/mol. The van der Waals surface area contributed by atoms with Crippen molar-refractivity contribution in [3.63, 3.8) is 0 Å². The van der Waals surface area contributed by atoms with Crippen molar-refractivity contribution in [3.05, 3.63) is 46.7 Å². The van der Waals surface area contributed by atoms with Crippen molar-refractivity contribution in [1.82, 2.24) is 4.90 Å². The van der Waals surface area contributed by atoms with Crippen LogP contribution in [0, 0.1) is 45.3 Å². The fraction of sp³-hybridized carbons (Fsp3) is 0.435. The Morgan fingerprint density at radius 1 is 1.13 bits per heavy atom. The van der Waals surface area contributed by atoms with E-state index in [1.165, 1.54) is 0 Å². The van der Waals surface area contributed by atoms with E-state index in [-0.39, 0.29) is 17.2 Å². The lowest BCUT2D eigenvalue weighted by Gasteiger charge is -2.45. The van der Waals surface area contributed by atoms with Crippen LogP contribution >= 0.6 is 0 Å². The molecule has 0 radical (unpaired) electrons. The first kappa shape index (κ1) is 21.2. The van der Waals surface area contributed by atoms with Crippen LogP contribution < -0.4 is 15.2 Å². The molecule has 7 nitrogen and oxygen atoms in total. The van der Waals surface area contributed by atoms with E-state index < -0.39 is 11.3 Å². The Morgan fingerprint density at radius 3 is 2.27 bits per heavy atom. The van der Waals surface area contributed by atoms with Crippen LogP contribution in [-0.4, -0.2) is 38.8 Å². The van der Waals surface area contributed by atoms with Gasteiger partial charge in [-0.05, 0) is 36.2 Å². The first-order valence-electron chi connectivity index (χ1n) is 9.88. The molecule has 2 aliphatic rings. The highest BCUT2D eigenvalue weighted by molar-refractivity contribution is 5.60. The van der Waals surface area contributed by atoms with Crippen molar-refractivity contribution in [2.24, 2.45) is 17.1 Å². The Hall–Kier alpha value is -3.47. The number of fused-ring (bicyclic) bond motifs is 1. The minimum atomic E-state index is -1.67. The molecule has 0 spiro atoms. The fourth-order valence-electron chi connectivity index (χ4n) is 4.62. The zero-order valence-corrected chi connectivity index (χ0v) is 17.5. The van der Waals surface area contributed by atoms with Crippen LogP contribution in [0.2, 0.25) is 0 Å². The fourth-order valence-corrected chi connectivity index (χ4v) is 4.62. The van der Waals surface area contributed by atoms with Crippen LogP contribution in [-0.2, 0) is 0 Å². The number of nitrogens with two attached hydrogens (primary N) is 1. The molecule has 3 rings (SSSR count). The van der Waals surface area contributed by atoms with Gasteiger partial charge in [-0.25, -0.2) is 0 Å². The topological polar surface area (TPSA) is 119 Å². The molecule has 1 aromatic rings. The lowest BCUT2D eigenvalue weighted by Crippen LogP contribution is -2.48. The average molecular weight is 403 g/mol. The van der Waals surface area contributed by atoms with E-state index in [1.54, 1.807) is 20.3 Å². The maximum atomic E-state index is 10.2. The summed E-state index contributed by atoms with van der Waals surface area (Å²) in [5, 5.41) is 30.2. The molecule has 0 bridgehead atoms. The third-order valence-electron chi connectivity index (χ3n) is 6.01. The average Bonchev–Trinajstić information content (AvgIpc) is 2.78. The maximum Gasteiger partial charge on any atom is 0.191 e. The smallest absolute Gasteiger partial charge is 0.191 e. The highest BCUT2D eigenvalue weighted by Crippen LogP contribution is 2.54. The highest BCUT2D eigenvalue weighted by Gasteiger charge is 2.54. The molecule has 1 aliphatic heterocycles. The number of allylic oxidation sites excluding steroid dienone is 2. The maximum absolute atomic E-state index is 10.2. The Kier molecular flexibility index (Phi) is 6.01. The summed E-state index contributed by atoms with van der Waals surface area (Å²) in [6, 6.07) is 11.9. The van der Waals surface area contributed by atoms with Gasteiger partial charge in [0.05, 0.1) is 37.6 Å². The highest BCUT2D eigenvalue weighted by atomic mass is 16.5. The second-order valence-electron chi connectivity index (χ2n) is 7.58. The van der Waals surface area contributed by atoms with E-state index in [2.05, 4.69) is 30.0 Å². The zero-order chi connectivity index (χ0) is 21.9. The predicted molar refractivity (Wildman–Crippen MR) is 111 cm³/mol. The number of nitriles is 3. The van der Waals surface area contributed by atoms with Crippen molar-refractivity contribution in [2.75, 3.05) is 33.9 Å². The molecule has 1 aromatic carbocycles. The largest absolute Gasteiger partial charge is 0.497 e. The number of benzene rings is 1. The minimum absolute atomic E-state index is 0.0215. The van der Waals surface area contributed by atoms with Crippen molar-refractivity contribution >= 4 is 0 Å². The van der Waals surface area contributed by atoms with Gasteiger partial charge in [-0.1, -0.05) is 13.0 Å². The molecule has 0 saturated heterocycles. The lowest BCUT2D eigenvalue weighted by atomic mass is 9.58. The molecular weight excluding hydrogens is 378 g/mol. The lowest BCUT2D eigenvalue weighted by molar-refractivity contribution is 0.207. The van der Waals surface area contributed by atoms with Gasteiger partial charge in [0.2, 0.25) is 0 Å². The van der Waals surface area contributed by atoms with E-state index in [1.807, 2.05) is 18.2 Å². The van der Waals surface area contributed by atoms with Crippen LogP contribution in [0.25, 0.3) is 0 Å². The Balaban J connectivity index is 2.30. The molecule has 1 heterocycles. The van der Waals surface area contributed by atoms with Gasteiger partial charge < -0.3 is 15.2 Å². The molecular formula is C23H25N5O2. The van der Waals surface area contributed by atoms with Crippen molar-refractivity contribution in [2.45, 2.75) is 19.3 Å². The summed E-state index contributed by atoms with van der Waals surface area (Å²) in [7, 11) is 3.11. The third-order valence-corrected chi connectivity index (χ3v) is 6.01. The predicted octanol–water partition coefficient (Wildman–Crippen LogP) is 2.84. The second kappa shape index (κ2) is 8.49. The molecule has 2 atom stereocenters. The standard InChI is InChI=1S/C23H25N5O2/c1-4-6-28-7-5-18-19(11-24)22(27)23(13-25,14-26)21(20(18)12-28)15-8-16(29-2)10-17(9-15)30-3/h5,8-10,20-21H,4,6-7,12,27H2,1-3H3/t20-,21-/m0/s1. The van der Waals surface area contributed by atoms with Gasteiger partial charge in [0.1, 0.15) is 17.6 Å². The molecule has 2 N–H and O–H groups in total. The van der Waals surface area contributed by atoms with Gasteiger partial charge in [0.15, 0.2) is 5.41 Å². The number of rotatable bonds is 5. The van der Waals surface area contributed by atoms with E-state index in [4.69, 9.17) is 15.2 Å². The SMILES string of the molecule is CCCN1CC=C2C(C#N)=C(N)C(C#N)(C#N)[C@@H](c3cc(OC)cc(OC)c3)[C@H]2C1. The third kappa shape index (κ3) is 3.26. The Bertz CT molecular complexity index is 985. The summed E-state index contributed by atoms with van der Waals surface area (Å²) >= 11 is 0. The normalized spacial score (nSPS) is 22.7. The van der Waals surface area contributed by atoms with E-state index in [9.17, 15) is 15.8 Å². The quantitative estimate of drug-likeness (QED) is 0.803. The van der Waals surface area contributed by atoms with Gasteiger partial charge in [0.25, 0.3) is 0 Å². The van der Waals surface area contributed by atoms with Crippen LogP contribution in [0.3, 0.4) is 0 Å². The number of methoxy groups -OCH3 is 2. The van der Waals surface area contributed by atoms with Gasteiger partial charge in [-0.2, -0.15) is 15.8 Å². The first-order chi connectivity index (χ1) is 14.5. The van der Waals surface area contributed by atoms with E-state index in [0.717, 1.165) is 24.1 Å². The van der Waals surface area contributed by atoms with Gasteiger partial charge >= 0.3 is 0 Å². The van der Waals surface area contributed by atoms with E-state index >= 15 is 0 Å². The molecule has 0 amide bonds. The molecule has 154 valence electrons. The zero-order valence-electron chi connectivity index (χ0n) is 17.5. The van der Waals surface area contributed by atoms with Crippen molar-refractivity contribution in [1.29, 1.82) is 15.8 Å². The van der Waals surface area contributed by atoms with Gasteiger partial charge in [-0.3, -0.25) is 4.90 Å². The van der Waals surface area contributed by atoms with Gasteiger partial charge in [-0.15, -0.1) is 0 Å². The summed E-state index contributed by atoms with van der Waals surface area (Å²) < 4.78 is 10.8. The molecule has 0 fully saturated rings. The van der Waals surface area contributed by atoms with Gasteiger partial charge in [0, 0.05) is 31.0 Å². The van der Waals surface area contributed by atoms with Crippen LogP contribution in [0.15, 0.2) is 41.1 Å². The van der Waals surface area contributed by atoms with Crippen LogP contribution in [0.4, 0.5) is 0 Å². The number of nitrogens with zero attached hydrogens (tertiary/aromatic N) is 4. The molecule has 0 saturated carbocycles. The summed E-state index contributed by atoms with van der Waals surface area (Å²) in [5.41, 5.74) is 6.50. The van der Waals surface area contributed by atoms with Crippen LogP contribution in [0.1, 0.15) is 24.8 Å². The van der Waals surface area contributed by atoms with E-state index in [0.29, 0.717) is 24.6 Å².